The number of rotatable bonds is 5. The molecule has 1 aliphatic heterocycles. The highest BCUT2D eigenvalue weighted by Crippen LogP contribution is 2.33. The van der Waals surface area contributed by atoms with Gasteiger partial charge in [-0.15, -0.1) is 12.4 Å². The third-order valence-corrected chi connectivity index (χ3v) is 5.89. The van der Waals surface area contributed by atoms with Gasteiger partial charge in [-0.25, -0.2) is 0 Å². The predicted octanol–water partition coefficient (Wildman–Crippen LogP) is 6.09. The van der Waals surface area contributed by atoms with Crippen LogP contribution in [0.25, 0.3) is 11.1 Å². The van der Waals surface area contributed by atoms with Gasteiger partial charge in [0.2, 0.25) is 0 Å². The average Bonchev–Trinajstić information content (AvgIpc) is 2.75. The minimum absolute atomic E-state index is 0. The lowest BCUT2D eigenvalue weighted by Gasteiger charge is -2.32. The fourth-order valence-electron chi connectivity index (χ4n) is 4.34. The van der Waals surface area contributed by atoms with Gasteiger partial charge in [0.05, 0.1) is 7.11 Å². The van der Waals surface area contributed by atoms with E-state index < -0.39 is 0 Å². The fraction of sp³-hybridized carbons (Fsp3) is 0.360. The average molecular weight is 396 g/mol. The molecule has 0 aromatic heterocycles. The number of hydrogen-bond acceptors (Lipinski definition) is 2. The normalized spacial score (nSPS) is 20.0. The first kappa shape index (κ1) is 20.7. The smallest absolute Gasteiger partial charge is 0.118 e. The van der Waals surface area contributed by atoms with Gasteiger partial charge in [-0.2, -0.15) is 0 Å². The SMILES string of the molecule is COc1ccc(C2=CCCC(CN3CC=C(c4ccccc4)CC3)C2)cc1.Cl. The highest BCUT2D eigenvalue weighted by Gasteiger charge is 2.21. The second-order valence-electron chi connectivity index (χ2n) is 7.71. The Hall–Kier alpha value is -2.03. The van der Waals surface area contributed by atoms with E-state index >= 15 is 0 Å². The van der Waals surface area contributed by atoms with E-state index in [2.05, 4.69) is 71.6 Å². The first-order chi connectivity index (χ1) is 13.3. The van der Waals surface area contributed by atoms with Gasteiger partial charge in [-0.05, 0) is 66.0 Å². The molecule has 2 aliphatic rings. The van der Waals surface area contributed by atoms with Crippen molar-refractivity contribution in [3.8, 4) is 5.75 Å². The van der Waals surface area contributed by atoms with Crippen molar-refractivity contribution in [3.05, 3.63) is 77.9 Å². The van der Waals surface area contributed by atoms with E-state index in [9.17, 15) is 0 Å². The molecule has 4 rings (SSSR count). The summed E-state index contributed by atoms with van der Waals surface area (Å²) in [4.78, 5) is 2.63. The summed E-state index contributed by atoms with van der Waals surface area (Å²) in [6, 6.07) is 19.4. The van der Waals surface area contributed by atoms with Crippen molar-refractivity contribution in [2.75, 3.05) is 26.7 Å². The lowest BCUT2D eigenvalue weighted by Crippen LogP contribution is -2.33. The zero-order valence-electron chi connectivity index (χ0n) is 16.6. The zero-order chi connectivity index (χ0) is 18.5. The van der Waals surface area contributed by atoms with Crippen LogP contribution in [0.4, 0.5) is 0 Å². The maximum atomic E-state index is 5.29. The Morgan fingerprint density at radius 2 is 1.68 bits per heavy atom. The Morgan fingerprint density at radius 3 is 2.36 bits per heavy atom. The van der Waals surface area contributed by atoms with E-state index in [1.165, 1.54) is 54.6 Å². The molecule has 1 atom stereocenters. The van der Waals surface area contributed by atoms with Gasteiger partial charge < -0.3 is 4.74 Å². The molecule has 28 heavy (non-hydrogen) atoms. The molecule has 2 aromatic rings. The molecule has 2 aromatic carbocycles. The molecule has 2 nitrogen and oxygen atoms in total. The number of halogens is 1. The van der Waals surface area contributed by atoms with Crippen molar-refractivity contribution in [1.29, 1.82) is 0 Å². The van der Waals surface area contributed by atoms with Crippen molar-refractivity contribution in [1.82, 2.24) is 4.90 Å². The minimum Gasteiger partial charge on any atom is -0.497 e. The van der Waals surface area contributed by atoms with Crippen LogP contribution in [-0.4, -0.2) is 31.6 Å². The molecule has 0 spiro atoms. The monoisotopic (exact) mass is 395 g/mol. The van der Waals surface area contributed by atoms with Gasteiger partial charge in [0, 0.05) is 19.6 Å². The summed E-state index contributed by atoms with van der Waals surface area (Å²) in [6.45, 7) is 3.48. The lowest BCUT2D eigenvalue weighted by molar-refractivity contribution is 0.244. The minimum atomic E-state index is 0. The summed E-state index contributed by atoms with van der Waals surface area (Å²) in [5.74, 6) is 1.69. The first-order valence-electron chi connectivity index (χ1n) is 10.1. The number of allylic oxidation sites excluding steroid dienone is 2. The van der Waals surface area contributed by atoms with E-state index in [0.29, 0.717) is 0 Å². The predicted molar refractivity (Wildman–Crippen MR) is 121 cm³/mol. The molecule has 148 valence electrons. The number of benzene rings is 2. The van der Waals surface area contributed by atoms with Gasteiger partial charge in [0.25, 0.3) is 0 Å². The molecule has 0 saturated heterocycles. The summed E-state index contributed by atoms with van der Waals surface area (Å²) in [5, 5.41) is 0. The van der Waals surface area contributed by atoms with E-state index in [-0.39, 0.29) is 12.4 Å². The standard InChI is InChI=1S/C25H29NO.ClH/c1-27-25-12-10-22(11-13-25)24-9-5-6-20(18-24)19-26-16-14-23(15-17-26)21-7-3-2-4-8-21;/h2-4,7-14,20H,5-6,15-19H2,1H3;1H. The van der Waals surface area contributed by atoms with Crippen molar-refractivity contribution in [3.63, 3.8) is 0 Å². The van der Waals surface area contributed by atoms with Crippen molar-refractivity contribution >= 4 is 23.6 Å². The summed E-state index contributed by atoms with van der Waals surface area (Å²) in [7, 11) is 1.72. The van der Waals surface area contributed by atoms with Gasteiger partial charge in [-0.1, -0.05) is 54.6 Å². The maximum Gasteiger partial charge on any atom is 0.118 e. The zero-order valence-corrected chi connectivity index (χ0v) is 17.5. The van der Waals surface area contributed by atoms with Crippen molar-refractivity contribution < 1.29 is 4.74 Å². The summed E-state index contributed by atoms with van der Waals surface area (Å²) in [5.41, 5.74) is 5.76. The van der Waals surface area contributed by atoms with Crippen LogP contribution in [0.3, 0.4) is 0 Å². The topological polar surface area (TPSA) is 12.5 Å². The summed E-state index contributed by atoms with van der Waals surface area (Å²) in [6.07, 6.45) is 9.73. The molecule has 0 fully saturated rings. The fourth-order valence-corrected chi connectivity index (χ4v) is 4.34. The molecular weight excluding hydrogens is 366 g/mol. The molecule has 3 heteroatoms. The van der Waals surface area contributed by atoms with Gasteiger partial charge in [0.15, 0.2) is 0 Å². The number of nitrogens with zero attached hydrogens (tertiary/aromatic N) is 1. The van der Waals surface area contributed by atoms with Gasteiger partial charge in [0.1, 0.15) is 5.75 Å². The van der Waals surface area contributed by atoms with E-state index in [4.69, 9.17) is 4.74 Å². The van der Waals surface area contributed by atoms with Gasteiger partial charge >= 0.3 is 0 Å². The number of methoxy groups -OCH3 is 1. The molecule has 1 unspecified atom stereocenters. The Kier molecular flexibility index (Phi) is 7.36. The first-order valence-corrected chi connectivity index (χ1v) is 10.1. The molecular formula is C25H30ClNO. The third-order valence-electron chi connectivity index (χ3n) is 5.89. The van der Waals surface area contributed by atoms with E-state index in [1.54, 1.807) is 7.11 Å². The van der Waals surface area contributed by atoms with Crippen LogP contribution in [0.5, 0.6) is 5.75 Å². The van der Waals surface area contributed by atoms with Crippen LogP contribution in [0.1, 0.15) is 36.8 Å². The van der Waals surface area contributed by atoms with Gasteiger partial charge in [-0.3, -0.25) is 4.90 Å². The second kappa shape index (κ2) is 9.95. The summed E-state index contributed by atoms with van der Waals surface area (Å²) >= 11 is 0. The van der Waals surface area contributed by atoms with Crippen LogP contribution in [-0.2, 0) is 0 Å². The third kappa shape index (κ3) is 5.06. The largest absolute Gasteiger partial charge is 0.497 e. The van der Waals surface area contributed by atoms with Crippen LogP contribution in [0.2, 0.25) is 0 Å². The molecule has 0 radical (unpaired) electrons. The highest BCUT2D eigenvalue weighted by molar-refractivity contribution is 5.85. The van der Waals surface area contributed by atoms with Crippen molar-refractivity contribution in [2.24, 2.45) is 5.92 Å². The molecule has 1 heterocycles. The number of hydrogen-bond donors (Lipinski definition) is 0. The Balaban J connectivity index is 0.00000225. The van der Waals surface area contributed by atoms with Crippen molar-refractivity contribution in [2.45, 2.75) is 25.7 Å². The Morgan fingerprint density at radius 1 is 0.929 bits per heavy atom. The molecule has 0 saturated carbocycles. The molecule has 1 aliphatic carbocycles. The second-order valence-corrected chi connectivity index (χ2v) is 7.71. The Bertz CT molecular complexity index is 810. The van der Waals surface area contributed by atoms with E-state index in [1.807, 2.05) is 0 Å². The molecule has 0 N–H and O–H groups in total. The lowest BCUT2D eigenvalue weighted by atomic mass is 9.85. The maximum absolute atomic E-state index is 5.29. The quantitative estimate of drug-likeness (QED) is 0.607. The van der Waals surface area contributed by atoms with Crippen LogP contribution in [0, 0.1) is 5.92 Å². The Labute approximate surface area is 175 Å². The molecule has 0 bridgehead atoms. The van der Waals surface area contributed by atoms with E-state index in [0.717, 1.165) is 24.6 Å². The summed E-state index contributed by atoms with van der Waals surface area (Å²) < 4.78 is 5.29. The van der Waals surface area contributed by atoms with Crippen LogP contribution >= 0.6 is 12.4 Å². The molecule has 0 amide bonds. The number of ether oxygens (including phenoxy) is 1. The van der Waals surface area contributed by atoms with Crippen LogP contribution < -0.4 is 4.74 Å². The van der Waals surface area contributed by atoms with Crippen LogP contribution in [0.15, 0.2) is 66.7 Å². The highest BCUT2D eigenvalue weighted by atomic mass is 35.5.